The van der Waals surface area contributed by atoms with E-state index in [4.69, 9.17) is 14.2 Å². The highest BCUT2D eigenvalue weighted by atomic mass is 16.5. The van der Waals surface area contributed by atoms with Crippen molar-refractivity contribution in [2.45, 2.75) is 64.1 Å². The van der Waals surface area contributed by atoms with Crippen molar-refractivity contribution in [2.75, 3.05) is 40.0 Å². The Kier molecular flexibility index (Phi) is 7.39. The largest absolute Gasteiger partial charge is 0.493 e. The summed E-state index contributed by atoms with van der Waals surface area (Å²) < 4.78 is 17.0. The smallest absolute Gasteiger partial charge is 0.161 e. The summed E-state index contributed by atoms with van der Waals surface area (Å²) in [7, 11) is 1.70. The highest BCUT2D eigenvalue weighted by Gasteiger charge is 2.38. The number of ether oxygens (including phenoxy) is 3. The predicted octanol–water partition coefficient (Wildman–Crippen LogP) is 3.61. The van der Waals surface area contributed by atoms with E-state index in [2.05, 4.69) is 22.3 Å². The monoisotopic (exact) mass is 376 g/mol. The van der Waals surface area contributed by atoms with Crippen LogP contribution in [0.3, 0.4) is 0 Å². The molecule has 5 nitrogen and oxygen atoms in total. The minimum Gasteiger partial charge on any atom is -0.493 e. The summed E-state index contributed by atoms with van der Waals surface area (Å²) in [6, 6.07) is 6.23. The molecular weight excluding hydrogens is 340 g/mol. The molecule has 0 amide bonds. The molecule has 0 bridgehead atoms. The molecule has 27 heavy (non-hydrogen) atoms. The van der Waals surface area contributed by atoms with Crippen molar-refractivity contribution >= 4 is 0 Å². The van der Waals surface area contributed by atoms with Crippen LogP contribution in [0.1, 0.15) is 51.5 Å². The van der Waals surface area contributed by atoms with Crippen LogP contribution >= 0.6 is 0 Å². The molecular formula is C22H36N2O3. The Morgan fingerprint density at radius 3 is 2.52 bits per heavy atom. The second-order valence-electron chi connectivity index (χ2n) is 8.14. The fraction of sp³-hybridized carbons (Fsp3) is 0.727. The first kappa shape index (κ1) is 20.4. The first-order valence-corrected chi connectivity index (χ1v) is 10.5. The summed E-state index contributed by atoms with van der Waals surface area (Å²) in [4.78, 5) is 2.73. The Labute approximate surface area is 164 Å². The van der Waals surface area contributed by atoms with Crippen LogP contribution in [0.2, 0.25) is 0 Å². The van der Waals surface area contributed by atoms with Crippen molar-refractivity contribution in [3.05, 3.63) is 23.8 Å². The van der Waals surface area contributed by atoms with Crippen molar-refractivity contribution in [3.63, 3.8) is 0 Å². The average molecular weight is 377 g/mol. The standard InChI is InChI=1S/C22H36N2O3/c1-18(2)27-20-8-7-19(15-21(20)25-3)16-23-17-22(9-13-26-14-10-22)24-11-5-4-6-12-24/h7-8,15,18,23H,4-6,9-14,16-17H2,1-3H3. The summed E-state index contributed by atoms with van der Waals surface area (Å²) in [5.41, 5.74) is 1.48. The van der Waals surface area contributed by atoms with E-state index >= 15 is 0 Å². The Hall–Kier alpha value is -1.30. The SMILES string of the molecule is COc1cc(CNCC2(N3CCCCC3)CCOCC2)ccc1OC(C)C. The molecule has 1 N–H and O–H groups in total. The van der Waals surface area contributed by atoms with Gasteiger partial charge >= 0.3 is 0 Å². The molecule has 152 valence electrons. The number of likely N-dealkylation sites (tertiary alicyclic amines) is 1. The first-order chi connectivity index (χ1) is 13.1. The maximum atomic E-state index is 5.82. The highest BCUT2D eigenvalue weighted by molar-refractivity contribution is 5.43. The molecule has 0 aromatic heterocycles. The molecule has 0 unspecified atom stereocenters. The maximum Gasteiger partial charge on any atom is 0.161 e. The van der Waals surface area contributed by atoms with Gasteiger partial charge in [-0.15, -0.1) is 0 Å². The van der Waals surface area contributed by atoms with Crippen LogP contribution in [0.5, 0.6) is 11.5 Å². The van der Waals surface area contributed by atoms with Gasteiger partial charge in [0.15, 0.2) is 11.5 Å². The molecule has 2 heterocycles. The number of nitrogens with zero attached hydrogens (tertiary/aromatic N) is 1. The lowest BCUT2D eigenvalue weighted by Gasteiger charge is -2.48. The van der Waals surface area contributed by atoms with Crippen LogP contribution in [0.15, 0.2) is 18.2 Å². The van der Waals surface area contributed by atoms with Gasteiger partial charge in [-0.05, 0) is 70.3 Å². The molecule has 0 saturated carbocycles. The summed E-state index contributed by atoms with van der Waals surface area (Å²) in [6.07, 6.45) is 6.44. The Balaban J connectivity index is 1.61. The van der Waals surface area contributed by atoms with E-state index in [0.29, 0.717) is 0 Å². The van der Waals surface area contributed by atoms with E-state index in [1.54, 1.807) is 7.11 Å². The third-order valence-corrected chi connectivity index (χ3v) is 5.82. The van der Waals surface area contributed by atoms with Gasteiger partial charge in [-0.1, -0.05) is 12.5 Å². The lowest BCUT2D eigenvalue weighted by molar-refractivity contribution is -0.0358. The van der Waals surface area contributed by atoms with E-state index in [0.717, 1.165) is 50.6 Å². The molecule has 1 aromatic carbocycles. The van der Waals surface area contributed by atoms with E-state index < -0.39 is 0 Å². The van der Waals surface area contributed by atoms with Crippen molar-refractivity contribution in [1.29, 1.82) is 0 Å². The fourth-order valence-electron chi connectivity index (χ4n) is 4.34. The van der Waals surface area contributed by atoms with Crippen LogP contribution in [0.4, 0.5) is 0 Å². The third kappa shape index (κ3) is 5.37. The van der Waals surface area contributed by atoms with Crippen molar-refractivity contribution < 1.29 is 14.2 Å². The number of hydrogen-bond donors (Lipinski definition) is 1. The lowest BCUT2D eigenvalue weighted by Crippen LogP contribution is -2.59. The number of methoxy groups -OCH3 is 1. The Morgan fingerprint density at radius 1 is 1.11 bits per heavy atom. The van der Waals surface area contributed by atoms with Gasteiger partial charge in [-0.2, -0.15) is 0 Å². The van der Waals surface area contributed by atoms with Crippen LogP contribution < -0.4 is 14.8 Å². The Bertz CT molecular complexity index is 579. The molecule has 2 saturated heterocycles. The third-order valence-electron chi connectivity index (χ3n) is 5.82. The van der Waals surface area contributed by atoms with Crippen LogP contribution in [-0.2, 0) is 11.3 Å². The summed E-state index contributed by atoms with van der Waals surface area (Å²) >= 11 is 0. The number of rotatable bonds is 8. The van der Waals surface area contributed by atoms with E-state index in [-0.39, 0.29) is 11.6 Å². The zero-order valence-corrected chi connectivity index (χ0v) is 17.3. The molecule has 2 aliphatic heterocycles. The molecule has 0 atom stereocenters. The van der Waals surface area contributed by atoms with Crippen LogP contribution in [0.25, 0.3) is 0 Å². The zero-order chi connectivity index (χ0) is 19.1. The Morgan fingerprint density at radius 2 is 1.85 bits per heavy atom. The molecule has 1 aromatic rings. The van der Waals surface area contributed by atoms with Crippen molar-refractivity contribution in [1.82, 2.24) is 10.2 Å². The molecule has 0 spiro atoms. The van der Waals surface area contributed by atoms with Gasteiger partial charge < -0.3 is 19.5 Å². The van der Waals surface area contributed by atoms with E-state index in [9.17, 15) is 0 Å². The van der Waals surface area contributed by atoms with Gasteiger partial charge in [-0.25, -0.2) is 0 Å². The maximum absolute atomic E-state index is 5.82. The average Bonchev–Trinajstić information content (AvgIpc) is 2.70. The quantitative estimate of drug-likeness (QED) is 0.751. The number of piperidine rings is 1. The van der Waals surface area contributed by atoms with Gasteiger partial charge in [-0.3, -0.25) is 4.90 Å². The molecule has 5 heteroatoms. The lowest BCUT2D eigenvalue weighted by atomic mass is 9.86. The van der Waals surface area contributed by atoms with Crippen molar-refractivity contribution in [2.24, 2.45) is 0 Å². The second-order valence-corrected chi connectivity index (χ2v) is 8.14. The van der Waals surface area contributed by atoms with Gasteiger partial charge in [0.2, 0.25) is 0 Å². The van der Waals surface area contributed by atoms with Gasteiger partial charge in [0.25, 0.3) is 0 Å². The fourth-order valence-corrected chi connectivity index (χ4v) is 4.34. The van der Waals surface area contributed by atoms with Gasteiger partial charge in [0, 0.05) is 31.8 Å². The minimum absolute atomic E-state index is 0.140. The summed E-state index contributed by atoms with van der Waals surface area (Å²) in [5.74, 6) is 1.62. The second kappa shape index (κ2) is 9.76. The molecule has 3 rings (SSSR count). The van der Waals surface area contributed by atoms with Gasteiger partial charge in [0.1, 0.15) is 0 Å². The zero-order valence-electron chi connectivity index (χ0n) is 17.3. The van der Waals surface area contributed by atoms with E-state index in [1.807, 2.05) is 19.9 Å². The number of benzene rings is 1. The number of hydrogen-bond acceptors (Lipinski definition) is 5. The summed E-state index contributed by atoms with van der Waals surface area (Å²) in [5, 5.41) is 3.73. The molecule has 0 radical (unpaired) electrons. The molecule has 2 aliphatic rings. The first-order valence-electron chi connectivity index (χ1n) is 10.5. The van der Waals surface area contributed by atoms with Crippen molar-refractivity contribution in [3.8, 4) is 11.5 Å². The normalized spacial score (nSPS) is 20.6. The van der Waals surface area contributed by atoms with Crippen LogP contribution in [-0.4, -0.2) is 56.5 Å². The minimum atomic E-state index is 0.140. The predicted molar refractivity (Wildman–Crippen MR) is 109 cm³/mol. The molecule has 2 fully saturated rings. The number of nitrogens with one attached hydrogen (secondary N) is 1. The highest BCUT2D eigenvalue weighted by Crippen LogP contribution is 2.31. The van der Waals surface area contributed by atoms with Gasteiger partial charge in [0.05, 0.1) is 13.2 Å². The summed E-state index contributed by atoms with van der Waals surface area (Å²) in [6.45, 7) is 10.2. The molecule has 0 aliphatic carbocycles. The van der Waals surface area contributed by atoms with Crippen LogP contribution in [0, 0.1) is 0 Å². The topological polar surface area (TPSA) is 43.0 Å². The van der Waals surface area contributed by atoms with E-state index in [1.165, 1.54) is 37.9 Å².